The molecule has 2 N–H and O–H groups in total. The molecule has 0 bridgehead atoms. The van der Waals surface area contributed by atoms with Crippen LogP contribution in [-0.2, 0) is 19.0 Å². The fourth-order valence-corrected chi connectivity index (χ4v) is 2.32. The maximum Gasteiger partial charge on any atom is 0.230 e. The van der Waals surface area contributed by atoms with Gasteiger partial charge in [-0.1, -0.05) is 0 Å². The molecule has 0 atom stereocenters. The highest BCUT2D eigenvalue weighted by Crippen LogP contribution is 2.31. The molecular formula is C13H26N2O4. The number of ether oxygens (including phenoxy) is 3. The molecule has 19 heavy (non-hydrogen) atoms. The van der Waals surface area contributed by atoms with Gasteiger partial charge in [0.05, 0.1) is 18.6 Å². The van der Waals surface area contributed by atoms with Gasteiger partial charge in [-0.25, -0.2) is 0 Å². The van der Waals surface area contributed by atoms with Gasteiger partial charge in [0.2, 0.25) is 5.91 Å². The fourth-order valence-electron chi connectivity index (χ4n) is 2.32. The van der Waals surface area contributed by atoms with Crippen LogP contribution in [-0.4, -0.2) is 71.1 Å². The zero-order chi connectivity index (χ0) is 14.1. The second kappa shape index (κ2) is 8.47. The molecule has 1 aliphatic rings. The van der Waals surface area contributed by atoms with Gasteiger partial charge in [-0.15, -0.1) is 0 Å². The molecule has 1 fully saturated rings. The Labute approximate surface area is 115 Å². The first-order valence-corrected chi connectivity index (χ1v) is 6.75. The molecule has 0 spiro atoms. The number of nitrogens with zero attached hydrogens (tertiary/aromatic N) is 1. The van der Waals surface area contributed by atoms with Gasteiger partial charge < -0.3 is 24.8 Å². The van der Waals surface area contributed by atoms with Gasteiger partial charge in [0.25, 0.3) is 0 Å². The van der Waals surface area contributed by atoms with Crippen LogP contribution in [0.25, 0.3) is 0 Å². The third-order valence-corrected chi connectivity index (χ3v) is 3.71. The van der Waals surface area contributed by atoms with E-state index >= 15 is 0 Å². The van der Waals surface area contributed by atoms with Crippen molar-refractivity contribution in [2.45, 2.75) is 12.8 Å². The van der Waals surface area contributed by atoms with Crippen molar-refractivity contribution in [3.05, 3.63) is 0 Å². The second-order valence-corrected chi connectivity index (χ2v) is 4.87. The molecule has 0 aromatic heterocycles. The molecule has 0 aliphatic carbocycles. The number of carbonyl (C=O) groups is 1. The molecule has 6 nitrogen and oxygen atoms in total. The van der Waals surface area contributed by atoms with Crippen LogP contribution in [0.1, 0.15) is 12.8 Å². The van der Waals surface area contributed by atoms with E-state index in [2.05, 4.69) is 0 Å². The van der Waals surface area contributed by atoms with Crippen LogP contribution in [0, 0.1) is 5.41 Å². The van der Waals surface area contributed by atoms with Gasteiger partial charge >= 0.3 is 0 Å². The Balaban J connectivity index is 2.70. The van der Waals surface area contributed by atoms with Crippen LogP contribution in [0.3, 0.4) is 0 Å². The van der Waals surface area contributed by atoms with Gasteiger partial charge in [0, 0.05) is 47.1 Å². The topological polar surface area (TPSA) is 74.0 Å². The number of hydrogen-bond acceptors (Lipinski definition) is 5. The smallest absolute Gasteiger partial charge is 0.230 e. The maximum atomic E-state index is 12.7. The zero-order valence-corrected chi connectivity index (χ0v) is 12.0. The van der Waals surface area contributed by atoms with E-state index in [-0.39, 0.29) is 5.91 Å². The molecule has 0 unspecified atom stereocenters. The molecule has 1 rings (SSSR count). The SMILES string of the molecule is COCCN(CCOC)C(=O)C1(CN)CCOCC1. The molecular weight excluding hydrogens is 248 g/mol. The minimum absolute atomic E-state index is 0.104. The Morgan fingerprint density at radius 3 is 2.16 bits per heavy atom. The van der Waals surface area contributed by atoms with Crippen LogP contribution in [0.5, 0.6) is 0 Å². The number of methoxy groups -OCH3 is 2. The van der Waals surface area contributed by atoms with Crippen molar-refractivity contribution in [2.75, 3.05) is 60.3 Å². The van der Waals surface area contributed by atoms with E-state index in [4.69, 9.17) is 19.9 Å². The normalized spacial score (nSPS) is 18.3. The first-order valence-electron chi connectivity index (χ1n) is 6.75. The van der Waals surface area contributed by atoms with E-state index in [1.54, 1.807) is 19.1 Å². The third kappa shape index (κ3) is 4.42. The van der Waals surface area contributed by atoms with E-state index in [9.17, 15) is 4.79 Å². The summed E-state index contributed by atoms with van der Waals surface area (Å²) in [5, 5.41) is 0. The molecule has 1 aliphatic heterocycles. The predicted molar refractivity (Wildman–Crippen MR) is 71.9 cm³/mol. The van der Waals surface area contributed by atoms with Crippen LogP contribution < -0.4 is 5.73 Å². The standard InChI is InChI=1S/C13H26N2O4/c1-17-9-5-15(6-10-18-2)12(16)13(11-14)3-7-19-8-4-13/h3-11,14H2,1-2H3. The first kappa shape index (κ1) is 16.4. The average molecular weight is 274 g/mol. The third-order valence-electron chi connectivity index (χ3n) is 3.71. The lowest BCUT2D eigenvalue weighted by molar-refractivity contribution is -0.148. The number of amides is 1. The Morgan fingerprint density at radius 1 is 1.21 bits per heavy atom. The Hall–Kier alpha value is -0.690. The highest BCUT2D eigenvalue weighted by molar-refractivity contribution is 5.83. The summed E-state index contributed by atoms with van der Waals surface area (Å²) in [7, 11) is 3.26. The molecule has 0 aromatic carbocycles. The van der Waals surface area contributed by atoms with Crippen molar-refractivity contribution in [1.82, 2.24) is 4.90 Å². The van der Waals surface area contributed by atoms with Crippen LogP contribution in [0.15, 0.2) is 0 Å². The highest BCUT2D eigenvalue weighted by atomic mass is 16.5. The molecule has 1 saturated heterocycles. The van der Waals surface area contributed by atoms with Crippen molar-refractivity contribution in [3.8, 4) is 0 Å². The monoisotopic (exact) mass is 274 g/mol. The summed E-state index contributed by atoms with van der Waals surface area (Å²) in [5.41, 5.74) is 5.40. The maximum absolute atomic E-state index is 12.7. The van der Waals surface area contributed by atoms with Gasteiger partial charge in [-0.3, -0.25) is 4.79 Å². The van der Waals surface area contributed by atoms with E-state index in [1.807, 2.05) is 0 Å². The zero-order valence-electron chi connectivity index (χ0n) is 12.0. The summed E-state index contributed by atoms with van der Waals surface area (Å²) >= 11 is 0. The number of nitrogens with two attached hydrogens (primary N) is 1. The van der Waals surface area contributed by atoms with E-state index in [1.165, 1.54) is 0 Å². The van der Waals surface area contributed by atoms with Crippen LogP contribution in [0.4, 0.5) is 0 Å². The summed E-state index contributed by atoms with van der Waals surface area (Å²) < 4.78 is 15.5. The summed E-state index contributed by atoms with van der Waals surface area (Å²) in [4.78, 5) is 14.5. The largest absolute Gasteiger partial charge is 0.383 e. The molecule has 112 valence electrons. The molecule has 0 radical (unpaired) electrons. The van der Waals surface area contributed by atoms with Crippen molar-refractivity contribution in [2.24, 2.45) is 11.1 Å². The summed E-state index contributed by atoms with van der Waals surface area (Å²) in [6.07, 6.45) is 1.39. The van der Waals surface area contributed by atoms with Crippen LogP contribution >= 0.6 is 0 Å². The summed E-state index contributed by atoms with van der Waals surface area (Å²) in [6.45, 7) is 3.75. The molecule has 1 heterocycles. The van der Waals surface area contributed by atoms with Crippen molar-refractivity contribution in [3.63, 3.8) is 0 Å². The number of rotatable bonds is 8. The number of hydrogen-bond donors (Lipinski definition) is 1. The Kier molecular flexibility index (Phi) is 7.30. The van der Waals surface area contributed by atoms with Gasteiger partial charge in [0.15, 0.2) is 0 Å². The fraction of sp³-hybridized carbons (Fsp3) is 0.923. The molecule has 0 aromatic rings. The summed E-state index contributed by atoms with van der Waals surface area (Å²) in [6, 6.07) is 0. The Bertz CT molecular complexity index is 259. The van der Waals surface area contributed by atoms with Crippen molar-refractivity contribution in [1.29, 1.82) is 0 Å². The van der Waals surface area contributed by atoms with Gasteiger partial charge in [-0.2, -0.15) is 0 Å². The molecule has 1 amide bonds. The molecule has 0 saturated carbocycles. The highest BCUT2D eigenvalue weighted by Gasteiger charge is 2.41. The predicted octanol–water partition coefficient (Wildman–Crippen LogP) is -0.137. The van der Waals surface area contributed by atoms with Crippen LogP contribution in [0.2, 0.25) is 0 Å². The Morgan fingerprint density at radius 2 is 1.74 bits per heavy atom. The minimum atomic E-state index is -0.472. The second-order valence-electron chi connectivity index (χ2n) is 4.87. The summed E-state index contributed by atoms with van der Waals surface area (Å²) in [5.74, 6) is 0.104. The minimum Gasteiger partial charge on any atom is -0.383 e. The van der Waals surface area contributed by atoms with Gasteiger partial charge in [-0.05, 0) is 12.8 Å². The first-order chi connectivity index (χ1) is 9.20. The lowest BCUT2D eigenvalue weighted by Crippen LogP contribution is -2.52. The molecule has 6 heteroatoms. The van der Waals surface area contributed by atoms with Gasteiger partial charge in [0.1, 0.15) is 0 Å². The lowest BCUT2D eigenvalue weighted by Gasteiger charge is -2.38. The lowest BCUT2D eigenvalue weighted by atomic mass is 9.79. The van der Waals surface area contributed by atoms with E-state index in [0.29, 0.717) is 58.9 Å². The van der Waals surface area contributed by atoms with Crippen molar-refractivity contribution >= 4 is 5.91 Å². The average Bonchev–Trinajstić information content (AvgIpc) is 2.47. The quantitative estimate of drug-likeness (QED) is 0.667. The van der Waals surface area contributed by atoms with Crippen molar-refractivity contribution < 1.29 is 19.0 Å². The van der Waals surface area contributed by atoms with E-state index < -0.39 is 5.41 Å². The van der Waals surface area contributed by atoms with E-state index in [0.717, 1.165) is 0 Å². The number of carbonyl (C=O) groups excluding carboxylic acids is 1.